The highest BCUT2D eigenvalue weighted by Crippen LogP contribution is 2.43. The standard InChI is InChI=1S/C22H25ClF6N4/c1-12-8-13(2)18(15(23)9-12)33-7-3-6-32-17(19(22(27,28)29)31-20(32)33)10-16(14-4-5-14)30-11-21(24,25)26/h8-9,14,16,30H,3-7,10-11H2,1-2H3. The molecule has 0 saturated heterocycles. The second-order valence-corrected chi connectivity index (χ2v) is 9.33. The van der Waals surface area contributed by atoms with Crippen molar-refractivity contribution in [2.75, 3.05) is 18.0 Å². The third-order valence-corrected chi connectivity index (χ3v) is 6.45. The van der Waals surface area contributed by atoms with Crippen molar-refractivity contribution >= 4 is 23.2 Å². The van der Waals surface area contributed by atoms with Crippen LogP contribution in [0.3, 0.4) is 0 Å². The number of aryl methyl sites for hydroxylation is 2. The molecule has 1 saturated carbocycles. The van der Waals surface area contributed by atoms with E-state index in [1.807, 2.05) is 19.9 Å². The summed E-state index contributed by atoms with van der Waals surface area (Å²) in [5, 5.41) is 2.86. The van der Waals surface area contributed by atoms with Gasteiger partial charge in [0.2, 0.25) is 5.95 Å². The van der Waals surface area contributed by atoms with Gasteiger partial charge in [-0.1, -0.05) is 17.7 Å². The zero-order valence-corrected chi connectivity index (χ0v) is 19.0. The summed E-state index contributed by atoms with van der Waals surface area (Å²) in [6, 6.07) is 2.95. The molecule has 0 spiro atoms. The van der Waals surface area contributed by atoms with Crippen LogP contribution in [0.15, 0.2) is 12.1 Å². The van der Waals surface area contributed by atoms with Gasteiger partial charge in [-0.05, 0) is 56.2 Å². The molecule has 1 aliphatic heterocycles. The van der Waals surface area contributed by atoms with Crippen molar-refractivity contribution in [3.8, 4) is 0 Å². The smallest absolute Gasteiger partial charge is 0.313 e. The van der Waals surface area contributed by atoms with E-state index in [1.54, 1.807) is 11.0 Å². The summed E-state index contributed by atoms with van der Waals surface area (Å²) >= 11 is 6.47. The fourth-order valence-electron chi connectivity index (χ4n) is 4.66. The Morgan fingerprint density at radius 3 is 2.39 bits per heavy atom. The summed E-state index contributed by atoms with van der Waals surface area (Å²) in [7, 11) is 0. The van der Waals surface area contributed by atoms with Gasteiger partial charge in [0, 0.05) is 25.6 Å². The summed E-state index contributed by atoms with van der Waals surface area (Å²) in [6.07, 6.45) is -7.38. The molecule has 2 aliphatic rings. The van der Waals surface area contributed by atoms with Crippen LogP contribution < -0.4 is 10.2 Å². The fraction of sp³-hybridized carbons (Fsp3) is 0.591. The number of alkyl halides is 6. The van der Waals surface area contributed by atoms with Crippen LogP contribution in [0.5, 0.6) is 0 Å². The van der Waals surface area contributed by atoms with Crippen molar-refractivity contribution in [3.63, 3.8) is 0 Å². The molecule has 1 aromatic heterocycles. The Labute approximate surface area is 192 Å². The predicted octanol–water partition coefficient (Wildman–Crippen LogP) is 6.19. The predicted molar refractivity (Wildman–Crippen MR) is 114 cm³/mol. The number of nitrogens with one attached hydrogen (secondary N) is 1. The van der Waals surface area contributed by atoms with E-state index in [9.17, 15) is 26.3 Å². The molecule has 1 aromatic carbocycles. The van der Waals surface area contributed by atoms with Crippen LogP contribution in [0, 0.1) is 19.8 Å². The van der Waals surface area contributed by atoms with Crippen LogP contribution in [0.25, 0.3) is 0 Å². The average molecular weight is 495 g/mol. The lowest BCUT2D eigenvalue weighted by Crippen LogP contribution is -2.40. The first kappa shape index (κ1) is 24.2. The van der Waals surface area contributed by atoms with Gasteiger partial charge in [-0.3, -0.25) is 0 Å². The second-order valence-electron chi connectivity index (χ2n) is 8.92. The maximum Gasteiger partial charge on any atom is 0.435 e. The van der Waals surface area contributed by atoms with E-state index in [1.165, 1.54) is 4.57 Å². The van der Waals surface area contributed by atoms with Crippen LogP contribution in [-0.4, -0.2) is 34.9 Å². The minimum absolute atomic E-state index is 0.0744. The van der Waals surface area contributed by atoms with Crippen LogP contribution in [0.1, 0.15) is 41.8 Å². The van der Waals surface area contributed by atoms with Crippen molar-refractivity contribution in [1.82, 2.24) is 14.9 Å². The van der Waals surface area contributed by atoms with Gasteiger partial charge < -0.3 is 14.8 Å². The molecule has 1 atom stereocenters. The van der Waals surface area contributed by atoms with Crippen molar-refractivity contribution in [1.29, 1.82) is 0 Å². The Morgan fingerprint density at radius 1 is 1.12 bits per heavy atom. The highest BCUT2D eigenvalue weighted by molar-refractivity contribution is 6.33. The van der Waals surface area contributed by atoms with E-state index in [0.29, 0.717) is 43.1 Å². The number of benzene rings is 1. The average Bonchev–Trinajstić information content (AvgIpc) is 3.44. The van der Waals surface area contributed by atoms with Gasteiger partial charge in [0.05, 0.1) is 22.9 Å². The van der Waals surface area contributed by atoms with Gasteiger partial charge >= 0.3 is 12.4 Å². The van der Waals surface area contributed by atoms with Crippen LogP contribution >= 0.6 is 11.6 Å². The highest BCUT2D eigenvalue weighted by atomic mass is 35.5. The van der Waals surface area contributed by atoms with Gasteiger partial charge in [-0.2, -0.15) is 26.3 Å². The number of nitrogens with zero attached hydrogens (tertiary/aromatic N) is 3. The van der Waals surface area contributed by atoms with Gasteiger partial charge in [0.15, 0.2) is 5.69 Å². The van der Waals surface area contributed by atoms with Crippen LogP contribution in [-0.2, 0) is 19.1 Å². The van der Waals surface area contributed by atoms with E-state index >= 15 is 0 Å². The number of fused-ring (bicyclic) bond motifs is 1. The maximum atomic E-state index is 14.0. The van der Waals surface area contributed by atoms with Crippen LogP contribution in [0.2, 0.25) is 5.02 Å². The second kappa shape index (κ2) is 8.69. The molecular formula is C22H25ClF6N4. The Hall–Kier alpha value is -1.94. The largest absolute Gasteiger partial charge is 0.435 e. The number of anilines is 2. The molecule has 33 heavy (non-hydrogen) atoms. The molecule has 2 aromatic rings. The van der Waals surface area contributed by atoms with Crippen LogP contribution in [0.4, 0.5) is 38.0 Å². The molecule has 0 bridgehead atoms. The molecule has 2 heterocycles. The molecule has 1 fully saturated rings. The third kappa shape index (κ3) is 5.26. The molecule has 1 aliphatic carbocycles. The number of rotatable bonds is 6. The SMILES string of the molecule is Cc1cc(C)c(N2CCCn3c2nc(C(F)(F)F)c3CC(NCC(F)(F)F)C2CC2)c(Cl)c1. The third-order valence-electron chi connectivity index (χ3n) is 6.16. The Balaban J connectivity index is 1.75. The van der Waals surface area contributed by atoms with Gasteiger partial charge in [0.1, 0.15) is 0 Å². The summed E-state index contributed by atoms with van der Waals surface area (Å²) < 4.78 is 81.9. The van der Waals surface area contributed by atoms with Gasteiger partial charge in [0.25, 0.3) is 0 Å². The van der Waals surface area contributed by atoms with Crippen molar-refractivity contribution < 1.29 is 26.3 Å². The number of aromatic nitrogens is 2. The van der Waals surface area contributed by atoms with E-state index in [4.69, 9.17) is 11.6 Å². The summed E-state index contributed by atoms with van der Waals surface area (Å²) in [5.74, 6) is 0.0517. The van der Waals surface area contributed by atoms with E-state index < -0.39 is 30.6 Å². The zero-order valence-electron chi connectivity index (χ0n) is 18.2. The highest BCUT2D eigenvalue weighted by Gasteiger charge is 2.43. The molecule has 1 N–H and O–H groups in total. The van der Waals surface area contributed by atoms with E-state index in [2.05, 4.69) is 10.3 Å². The van der Waals surface area contributed by atoms with E-state index in [0.717, 1.165) is 11.1 Å². The molecule has 1 unspecified atom stereocenters. The zero-order chi connectivity index (χ0) is 24.1. The lowest BCUT2D eigenvalue weighted by atomic mass is 10.0. The number of hydrogen-bond acceptors (Lipinski definition) is 3. The van der Waals surface area contributed by atoms with Gasteiger partial charge in [-0.25, -0.2) is 4.98 Å². The Kier molecular flexibility index (Phi) is 6.37. The molecule has 0 radical (unpaired) electrons. The number of hydrogen-bond donors (Lipinski definition) is 1. The van der Waals surface area contributed by atoms with Gasteiger partial charge in [-0.15, -0.1) is 0 Å². The quantitative estimate of drug-likeness (QED) is 0.486. The minimum atomic E-state index is -4.73. The first-order chi connectivity index (χ1) is 15.3. The topological polar surface area (TPSA) is 33.1 Å². The number of imidazole rings is 1. The summed E-state index contributed by atoms with van der Waals surface area (Å²) in [5.41, 5.74) is 1.23. The monoisotopic (exact) mass is 494 g/mol. The first-order valence-electron chi connectivity index (χ1n) is 10.9. The molecule has 0 amide bonds. The molecular weight excluding hydrogens is 470 g/mol. The fourth-order valence-corrected chi connectivity index (χ4v) is 5.08. The maximum absolute atomic E-state index is 14.0. The van der Waals surface area contributed by atoms with Crippen molar-refractivity contribution in [2.45, 2.75) is 64.5 Å². The lowest BCUT2D eigenvalue weighted by molar-refractivity contribution is -0.141. The molecule has 4 rings (SSSR count). The number of halogens is 7. The molecule has 182 valence electrons. The molecule has 11 heteroatoms. The summed E-state index contributed by atoms with van der Waals surface area (Å²) in [6.45, 7) is 3.23. The van der Waals surface area contributed by atoms with Crippen molar-refractivity contribution in [2.24, 2.45) is 5.92 Å². The van der Waals surface area contributed by atoms with Crippen molar-refractivity contribution in [3.05, 3.63) is 39.7 Å². The molecule has 4 nitrogen and oxygen atoms in total. The minimum Gasteiger partial charge on any atom is -0.313 e. The summed E-state index contributed by atoms with van der Waals surface area (Å²) in [4.78, 5) is 5.67. The normalized spacial score (nSPS) is 17.9. The van der Waals surface area contributed by atoms with E-state index in [-0.39, 0.29) is 24.0 Å². The Morgan fingerprint density at radius 2 is 1.82 bits per heavy atom. The Bertz CT molecular complexity index is 1000. The lowest BCUT2D eigenvalue weighted by Gasteiger charge is -2.32. The first-order valence-corrected chi connectivity index (χ1v) is 11.2.